The van der Waals surface area contributed by atoms with Gasteiger partial charge in [-0.25, -0.2) is 4.79 Å². The first-order chi connectivity index (χ1) is 13.3. The monoisotopic (exact) mass is 381 g/mol. The van der Waals surface area contributed by atoms with E-state index in [1.165, 1.54) is 0 Å². The lowest BCUT2D eigenvalue weighted by Gasteiger charge is -2.12. The van der Waals surface area contributed by atoms with E-state index in [-0.39, 0.29) is 11.3 Å². The Hall–Kier alpha value is -3.42. The van der Waals surface area contributed by atoms with Gasteiger partial charge in [-0.1, -0.05) is 32.0 Å². The van der Waals surface area contributed by atoms with Crippen molar-refractivity contribution in [2.45, 2.75) is 39.0 Å². The number of nitrogens with one attached hydrogen (secondary N) is 3. The van der Waals surface area contributed by atoms with Crippen molar-refractivity contribution in [1.29, 1.82) is 0 Å². The minimum Gasteiger partial charge on any atom is -0.359 e. The van der Waals surface area contributed by atoms with Crippen molar-refractivity contribution in [2.24, 2.45) is 4.99 Å². The quantitative estimate of drug-likeness (QED) is 0.733. The highest BCUT2D eigenvalue weighted by atomic mass is 16.5. The van der Waals surface area contributed by atoms with Gasteiger partial charge in [-0.15, -0.1) is 0 Å². The van der Waals surface area contributed by atoms with E-state index < -0.39 is 6.03 Å². The van der Waals surface area contributed by atoms with Crippen LogP contribution < -0.4 is 16.0 Å². The number of allylic oxidation sites excluding steroid dienone is 1. The molecule has 1 aromatic heterocycles. The van der Waals surface area contributed by atoms with Crippen molar-refractivity contribution in [1.82, 2.24) is 5.16 Å². The normalized spacial score (nSPS) is 13.6. The second kappa shape index (κ2) is 8.08. The topological polar surface area (TPSA) is 109 Å². The molecule has 0 spiro atoms. The van der Waals surface area contributed by atoms with Crippen molar-refractivity contribution < 1.29 is 14.1 Å². The van der Waals surface area contributed by atoms with Crippen LogP contribution in [0.2, 0.25) is 0 Å². The summed E-state index contributed by atoms with van der Waals surface area (Å²) < 4.78 is 5.24. The van der Waals surface area contributed by atoms with E-state index in [4.69, 9.17) is 4.52 Å². The number of benzene rings is 1. The molecule has 3 amide bonds. The maximum atomic E-state index is 12.1. The number of anilines is 3. The fraction of sp³-hybridized carbons (Fsp3) is 0.300. The Morgan fingerprint density at radius 2 is 1.68 bits per heavy atom. The van der Waals surface area contributed by atoms with Crippen LogP contribution in [0.4, 0.5) is 22.0 Å². The van der Waals surface area contributed by atoms with Crippen molar-refractivity contribution >= 4 is 35.3 Å². The van der Waals surface area contributed by atoms with Gasteiger partial charge >= 0.3 is 6.03 Å². The van der Waals surface area contributed by atoms with E-state index >= 15 is 0 Å². The molecule has 0 bridgehead atoms. The third kappa shape index (κ3) is 5.06. The number of hydrogen-bond donors (Lipinski definition) is 3. The molecule has 0 unspecified atom stereocenters. The first-order valence-electron chi connectivity index (χ1n) is 9.00. The fourth-order valence-corrected chi connectivity index (χ4v) is 2.46. The first kappa shape index (κ1) is 19.3. The molecule has 0 fully saturated rings. The maximum absolute atomic E-state index is 12.1. The van der Waals surface area contributed by atoms with Crippen LogP contribution in [0, 0.1) is 0 Å². The molecule has 0 aliphatic carbocycles. The molecule has 2 heterocycles. The van der Waals surface area contributed by atoms with E-state index in [1.807, 2.05) is 26.8 Å². The first-order valence-corrected chi connectivity index (χ1v) is 9.00. The number of amides is 3. The molecule has 0 atom stereocenters. The number of urea groups is 1. The van der Waals surface area contributed by atoms with Crippen LogP contribution in [0.1, 0.15) is 39.4 Å². The van der Waals surface area contributed by atoms with Crippen molar-refractivity contribution in [3.05, 3.63) is 47.9 Å². The van der Waals surface area contributed by atoms with E-state index in [2.05, 4.69) is 26.1 Å². The van der Waals surface area contributed by atoms with E-state index in [0.717, 1.165) is 12.8 Å². The Morgan fingerprint density at radius 3 is 2.25 bits per heavy atom. The molecule has 0 saturated heterocycles. The van der Waals surface area contributed by atoms with Gasteiger partial charge in [-0.3, -0.25) is 15.1 Å². The number of aliphatic imine (C=N–C) groups is 1. The molecular formula is C20H23N5O3. The van der Waals surface area contributed by atoms with Crippen LogP contribution in [0.15, 0.2) is 51.6 Å². The summed E-state index contributed by atoms with van der Waals surface area (Å²) in [6, 6.07) is 8.05. The molecule has 3 N–H and O–H groups in total. The van der Waals surface area contributed by atoms with Crippen LogP contribution in [0.5, 0.6) is 0 Å². The Morgan fingerprint density at radius 1 is 1.00 bits per heavy atom. The average molecular weight is 381 g/mol. The Kier molecular flexibility index (Phi) is 5.58. The molecule has 0 radical (unpaired) electrons. The predicted molar refractivity (Wildman–Crippen MR) is 109 cm³/mol. The summed E-state index contributed by atoms with van der Waals surface area (Å²) in [5.74, 6) is 0.767. The lowest BCUT2D eigenvalue weighted by Crippen LogP contribution is -2.19. The van der Waals surface area contributed by atoms with Crippen molar-refractivity contribution in [2.75, 3.05) is 16.0 Å². The highest BCUT2D eigenvalue weighted by Crippen LogP contribution is 2.24. The highest BCUT2D eigenvalue weighted by Gasteiger charge is 2.20. The van der Waals surface area contributed by atoms with Gasteiger partial charge in [0.25, 0.3) is 5.91 Å². The summed E-state index contributed by atoms with van der Waals surface area (Å²) in [5.41, 5.74) is 1.41. The number of aromatic nitrogens is 1. The van der Waals surface area contributed by atoms with E-state index in [9.17, 15) is 9.59 Å². The summed E-state index contributed by atoms with van der Waals surface area (Å²) in [4.78, 5) is 28.3. The Bertz CT molecular complexity index is 920. The highest BCUT2D eigenvalue weighted by molar-refractivity contribution is 6.05. The van der Waals surface area contributed by atoms with Crippen LogP contribution in [-0.4, -0.2) is 23.3 Å². The summed E-state index contributed by atoms with van der Waals surface area (Å²) in [6.07, 6.45) is 5.21. The van der Waals surface area contributed by atoms with Crippen LogP contribution in [0.25, 0.3) is 0 Å². The van der Waals surface area contributed by atoms with Gasteiger partial charge in [0.15, 0.2) is 5.82 Å². The summed E-state index contributed by atoms with van der Waals surface area (Å²) in [6.45, 7) is 5.98. The summed E-state index contributed by atoms with van der Waals surface area (Å²) >= 11 is 0. The van der Waals surface area contributed by atoms with Gasteiger partial charge in [0, 0.05) is 29.1 Å². The number of nitrogens with zero attached hydrogens (tertiary/aromatic N) is 2. The van der Waals surface area contributed by atoms with Gasteiger partial charge in [-0.05, 0) is 37.1 Å². The largest absolute Gasteiger partial charge is 0.359 e. The van der Waals surface area contributed by atoms with Crippen molar-refractivity contribution in [3.63, 3.8) is 0 Å². The number of carbonyl (C=O) groups excluding carboxylic acids is 2. The fourth-order valence-electron chi connectivity index (χ4n) is 2.46. The number of hydrogen-bond acceptors (Lipinski definition) is 5. The maximum Gasteiger partial charge on any atom is 0.324 e. The second-order valence-electron chi connectivity index (χ2n) is 7.42. The predicted octanol–water partition coefficient (Wildman–Crippen LogP) is 4.30. The SMILES string of the molecule is CC(C)(C)c1cc(NC(=O)Nc2ccc(NC(=O)C3=CCCC=N3)cc2)no1. The molecule has 3 rings (SSSR count). The molecule has 1 aliphatic heterocycles. The second-order valence-corrected chi connectivity index (χ2v) is 7.42. The standard InChI is InChI=1S/C20H23N5O3/c1-20(2,3)16-12-17(25-28-16)24-19(27)23-14-9-7-13(8-10-14)22-18(26)15-6-4-5-11-21-15/h6-12H,4-5H2,1-3H3,(H,22,26)(H2,23,24,25,27). The van der Waals surface area contributed by atoms with Gasteiger partial charge in [0.05, 0.1) is 0 Å². The molecule has 2 aromatic rings. The van der Waals surface area contributed by atoms with Gasteiger partial charge in [0.1, 0.15) is 11.5 Å². The summed E-state index contributed by atoms with van der Waals surface area (Å²) in [5, 5.41) is 11.9. The third-order valence-corrected chi connectivity index (χ3v) is 3.99. The Balaban J connectivity index is 1.54. The van der Waals surface area contributed by atoms with Crippen molar-refractivity contribution in [3.8, 4) is 0 Å². The lowest BCUT2D eigenvalue weighted by molar-refractivity contribution is -0.112. The zero-order valence-corrected chi connectivity index (χ0v) is 16.1. The van der Waals surface area contributed by atoms with E-state index in [1.54, 1.807) is 36.5 Å². The molecular weight excluding hydrogens is 358 g/mol. The molecule has 1 aliphatic rings. The van der Waals surface area contributed by atoms with Crippen LogP contribution >= 0.6 is 0 Å². The molecule has 28 heavy (non-hydrogen) atoms. The minimum absolute atomic E-state index is 0.192. The van der Waals surface area contributed by atoms with Crippen LogP contribution in [0.3, 0.4) is 0 Å². The number of rotatable bonds is 4. The molecule has 146 valence electrons. The van der Waals surface area contributed by atoms with Gasteiger partial charge < -0.3 is 15.2 Å². The van der Waals surface area contributed by atoms with Gasteiger partial charge in [0.2, 0.25) is 0 Å². The van der Waals surface area contributed by atoms with E-state index in [0.29, 0.717) is 28.6 Å². The molecule has 1 aromatic carbocycles. The average Bonchev–Trinajstić information content (AvgIpc) is 3.13. The summed E-state index contributed by atoms with van der Waals surface area (Å²) in [7, 11) is 0. The Labute approximate surface area is 163 Å². The zero-order valence-electron chi connectivity index (χ0n) is 16.1. The molecule has 8 nitrogen and oxygen atoms in total. The molecule has 8 heteroatoms. The smallest absolute Gasteiger partial charge is 0.324 e. The third-order valence-electron chi connectivity index (χ3n) is 3.99. The zero-order chi connectivity index (χ0) is 20.1. The van der Waals surface area contributed by atoms with Crippen LogP contribution in [-0.2, 0) is 10.2 Å². The lowest BCUT2D eigenvalue weighted by atomic mass is 9.93. The number of carbonyl (C=O) groups is 2. The van der Waals surface area contributed by atoms with Gasteiger partial charge in [-0.2, -0.15) is 0 Å². The molecule has 0 saturated carbocycles. The minimum atomic E-state index is -0.438.